The van der Waals surface area contributed by atoms with Crippen LogP contribution in [0.25, 0.3) is 0 Å². The van der Waals surface area contributed by atoms with Gasteiger partial charge in [-0.1, -0.05) is 0 Å². The van der Waals surface area contributed by atoms with Crippen LogP contribution in [0.1, 0.15) is 13.8 Å². The van der Waals surface area contributed by atoms with E-state index in [1.165, 1.54) is 0 Å². The van der Waals surface area contributed by atoms with E-state index in [0.29, 0.717) is 0 Å². The molecule has 62 valence electrons. The van der Waals surface area contributed by atoms with Crippen molar-refractivity contribution in [2.75, 3.05) is 26.0 Å². The second-order valence-corrected chi connectivity index (χ2v) is 4.67. The van der Waals surface area contributed by atoms with E-state index >= 15 is 0 Å². The summed E-state index contributed by atoms with van der Waals surface area (Å²) in [5, 5.41) is 11.9. The van der Waals surface area contributed by atoms with Gasteiger partial charge in [0.1, 0.15) is 0 Å². The predicted octanol–water partition coefficient (Wildman–Crippen LogP) is 0.710. The van der Waals surface area contributed by atoms with Crippen LogP contribution in [0, 0.1) is 0 Å². The normalized spacial score (nSPS) is 12.0. The molecule has 3 heteroatoms. The fraction of sp³-hybridized carbons (Fsp3) is 1.00. The zero-order chi connectivity index (χ0) is 8.04. The maximum absolute atomic E-state index is 8.85. The average molecular weight is 163 g/mol. The Kier molecular flexibility index (Phi) is 5.13. The van der Waals surface area contributed by atoms with Gasteiger partial charge in [0.25, 0.3) is 0 Å². The van der Waals surface area contributed by atoms with Gasteiger partial charge in [-0.25, -0.2) is 0 Å². The van der Waals surface area contributed by atoms with E-state index in [-0.39, 0.29) is 11.4 Å². The Bertz CT molecular complexity index is 85.7. The molecule has 0 amide bonds. The second-order valence-electron chi connectivity index (χ2n) is 2.87. The number of thioether (sulfide) groups is 1. The quantitative estimate of drug-likeness (QED) is 0.585. The molecular formula is C7H17NOS. The van der Waals surface area contributed by atoms with Crippen LogP contribution in [0.5, 0.6) is 0 Å². The summed E-state index contributed by atoms with van der Waals surface area (Å²) < 4.78 is 0.0247. The Morgan fingerprint density at radius 1 is 1.50 bits per heavy atom. The molecule has 0 spiro atoms. The summed E-state index contributed by atoms with van der Waals surface area (Å²) in [6.07, 6.45) is 0. The molecule has 0 heterocycles. The van der Waals surface area contributed by atoms with Crippen molar-refractivity contribution >= 4 is 11.8 Å². The molecule has 0 aromatic carbocycles. The molecule has 0 fully saturated rings. The lowest BCUT2D eigenvalue weighted by Gasteiger charge is -2.20. The van der Waals surface area contributed by atoms with Gasteiger partial charge in [-0.2, -0.15) is 11.8 Å². The van der Waals surface area contributed by atoms with Crippen molar-refractivity contribution in [3.05, 3.63) is 0 Å². The predicted molar refractivity (Wildman–Crippen MR) is 47.5 cm³/mol. The van der Waals surface area contributed by atoms with E-state index in [2.05, 4.69) is 5.32 Å². The monoisotopic (exact) mass is 163 g/mol. The van der Waals surface area contributed by atoms with Gasteiger partial charge in [0, 0.05) is 17.0 Å². The van der Waals surface area contributed by atoms with Crippen molar-refractivity contribution in [2.24, 2.45) is 0 Å². The van der Waals surface area contributed by atoms with E-state index in [1.807, 2.05) is 20.9 Å². The summed E-state index contributed by atoms with van der Waals surface area (Å²) in [7, 11) is 1.94. The summed E-state index contributed by atoms with van der Waals surface area (Å²) in [4.78, 5) is 0. The molecule has 0 bridgehead atoms. The first-order valence-corrected chi connectivity index (χ1v) is 4.50. The van der Waals surface area contributed by atoms with E-state index in [0.717, 1.165) is 12.3 Å². The molecule has 0 rings (SSSR count). The van der Waals surface area contributed by atoms with Gasteiger partial charge in [0.2, 0.25) is 0 Å². The first-order valence-electron chi connectivity index (χ1n) is 3.52. The van der Waals surface area contributed by atoms with Gasteiger partial charge >= 0.3 is 0 Å². The number of nitrogens with one attached hydrogen (secondary N) is 1. The van der Waals surface area contributed by atoms with Crippen LogP contribution in [0.2, 0.25) is 0 Å². The third-order valence-corrected chi connectivity index (χ3v) is 2.54. The molecule has 0 unspecified atom stereocenters. The fourth-order valence-corrected chi connectivity index (χ4v) is 1.43. The highest BCUT2D eigenvalue weighted by atomic mass is 32.2. The number of hydrogen-bond donors (Lipinski definition) is 2. The molecule has 2 N–H and O–H groups in total. The topological polar surface area (TPSA) is 32.3 Å². The summed E-state index contributed by atoms with van der Waals surface area (Å²) in [6.45, 7) is 5.36. The molecule has 2 nitrogen and oxygen atoms in total. The minimum absolute atomic E-state index is 0.0247. The first kappa shape index (κ1) is 10.3. The lowest BCUT2D eigenvalue weighted by Crippen LogP contribution is -2.23. The van der Waals surface area contributed by atoms with Gasteiger partial charge in [0.05, 0.1) is 6.61 Å². The Balaban J connectivity index is 3.28. The number of aliphatic hydroxyl groups is 1. The molecular weight excluding hydrogens is 146 g/mol. The summed E-state index contributed by atoms with van der Waals surface area (Å²) in [5.41, 5.74) is 0. The maximum Gasteiger partial charge on any atom is 0.0572 e. The van der Waals surface area contributed by atoms with E-state index in [4.69, 9.17) is 5.11 Å². The largest absolute Gasteiger partial charge is 0.395 e. The van der Waals surface area contributed by atoms with Crippen molar-refractivity contribution in [1.29, 1.82) is 0 Å². The molecule has 0 aliphatic rings. The zero-order valence-electron chi connectivity index (χ0n) is 6.98. The summed E-state index contributed by atoms with van der Waals surface area (Å²) >= 11 is 1.79. The van der Waals surface area contributed by atoms with Gasteiger partial charge in [-0.05, 0) is 20.9 Å². The van der Waals surface area contributed by atoms with Crippen molar-refractivity contribution in [1.82, 2.24) is 5.32 Å². The van der Waals surface area contributed by atoms with Crippen LogP contribution in [0.3, 0.4) is 0 Å². The van der Waals surface area contributed by atoms with Crippen LogP contribution < -0.4 is 5.32 Å². The third-order valence-electron chi connectivity index (χ3n) is 1.23. The number of rotatable bonds is 5. The minimum Gasteiger partial charge on any atom is -0.395 e. The lowest BCUT2D eigenvalue weighted by molar-refractivity contribution is 0.265. The molecule has 0 saturated carbocycles. The molecule has 0 saturated heterocycles. The van der Waals surface area contributed by atoms with Crippen molar-refractivity contribution < 1.29 is 5.11 Å². The average Bonchev–Trinajstić information content (AvgIpc) is 1.89. The molecule has 0 radical (unpaired) electrons. The molecule has 0 aromatic rings. The minimum atomic E-state index is 0.0247. The Morgan fingerprint density at radius 2 is 2.10 bits per heavy atom. The maximum atomic E-state index is 8.85. The highest BCUT2D eigenvalue weighted by molar-refractivity contribution is 8.00. The van der Waals surface area contributed by atoms with Gasteiger partial charge in [0.15, 0.2) is 0 Å². The molecule has 10 heavy (non-hydrogen) atoms. The summed E-state index contributed by atoms with van der Waals surface area (Å²) in [6, 6.07) is 0. The standard InChI is InChI=1S/C7H17NOS/c1-7(2,6-9)10-5-4-8-3/h8-9H,4-6H2,1-3H3. The van der Waals surface area contributed by atoms with Gasteiger partial charge in [-0.15, -0.1) is 0 Å². The van der Waals surface area contributed by atoms with E-state index in [1.54, 1.807) is 11.8 Å². The van der Waals surface area contributed by atoms with Crippen molar-refractivity contribution in [3.8, 4) is 0 Å². The SMILES string of the molecule is CNCCSC(C)(C)CO. The van der Waals surface area contributed by atoms with Gasteiger partial charge < -0.3 is 10.4 Å². The smallest absolute Gasteiger partial charge is 0.0572 e. The third kappa shape index (κ3) is 5.09. The Hall–Kier alpha value is 0.270. The van der Waals surface area contributed by atoms with Crippen LogP contribution in [0.15, 0.2) is 0 Å². The van der Waals surface area contributed by atoms with Crippen LogP contribution in [-0.2, 0) is 0 Å². The van der Waals surface area contributed by atoms with Crippen molar-refractivity contribution in [3.63, 3.8) is 0 Å². The van der Waals surface area contributed by atoms with E-state index < -0.39 is 0 Å². The number of aliphatic hydroxyl groups excluding tert-OH is 1. The van der Waals surface area contributed by atoms with E-state index in [9.17, 15) is 0 Å². The summed E-state index contributed by atoms with van der Waals surface area (Å²) in [5.74, 6) is 1.06. The highest BCUT2D eigenvalue weighted by Gasteiger charge is 2.15. The fourth-order valence-electron chi connectivity index (χ4n) is 0.475. The Labute approximate surface area is 67.4 Å². The first-order chi connectivity index (χ1) is 4.62. The van der Waals surface area contributed by atoms with Crippen LogP contribution in [0.4, 0.5) is 0 Å². The molecule has 0 aromatic heterocycles. The zero-order valence-corrected chi connectivity index (χ0v) is 7.79. The molecule has 0 aliphatic carbocycles. The van der Waals surface area contributed by atoms with Gasteiger partial charge in [-0.3, -0.25) is 0 Å². The van der Waals surface area contributed by atoms with Crippen LogP contribution in [-0.4, -0.2) is 35.8 Å². The molecule has 0 aliphatic heterocycles. The van der Waals surface area contributed by atoms with Crippen LogP contribution >= 0.6 is 11.8 Å². The molecule has 0 atom stereocenters. The lowest BCUT2D eigenvalue weighted by atomic mass is 10.2. The highest BCUT2D eigenvalue weighted by Crippen LogP contribution is 2.22. The van der Waals surface area contributed by atoms with Crippen molar-refractivity contribution in [2.45, 2.75) is 18.6 Å². The number of hydrogen-bond acceptors (Lipinski definition) is 3. The second kappa shape index (κ2) is 4.99. The Morgan fingerprint density at radius 3 is 2.50 bits per heavy atom.